The molecule has 1 aromatic carbocycles. The molecule has 4 atom stereocenters. The number of hydrazone groups is 1. The normalized spacial score (nSPS) is 27.0. The monoisotopic (exact) mass is 439 g/mol. The van der Waals surface area contributed by atoms with E-state index in [9.17, 15) is 24.0 Å². The summed E-state index contributed by atoms with van der Waals surface area (Å²) in [6, 6.07) is 5.34. The molecule has 0 radical (unpaired) electrons. The molecule has 2 bridgehead atoms. The summed E-state index contributed by atoms with van der Waals surface area (Å²) < 4.78 is 0. The Morgan fingerprint density at radius 3 is 2.53 bits per heavy atom. The van der Waals surface area contributed by atoms with Crippen molar-refractivity contribution >= 4 is 41.6 Å². The molecular formula is C22H25N5O5. The van der Waals surface area contributed by atoms with Crippen molar-refractivity contribution in [3.8, 4) is 0 Å². The van der Waals surface area contributed by atoms with Crippen LogP contribution < -0.4 is 16.1 Å². The minimum atomic E-state index is -1.28. The Morgan fingerprint density at radius 1 is 1.16 bits per heavy atom. The van der Waals surface area contributed by atoms with Crippen molar-refractivity contribution in [1.29, 1.82) is 0 Å². The number of barbiturate groups is 1. The number of nitrogens with one attached hydrogen (secondary N) is 3. The number of hydrogen-bond donors (Lipinski definition) is 3. The number of nitrogens with zero attached hydrogens (tertiary/aromatic N) is 2. The molecular weight excluding hydrogens is 414 g/mol. The summed E-state index contributed by atoms with van der Waals surface area (Å²) in [7, 11) is 0. The van der Waals surface area contributed by atoms with Crippen LogP contribution in [0.3, 0.4) is 0 Å². The molecule has 0 aromatic heterocycles. The number of imide groups is 2. The Kier molecular flexibility index (Phi) is 6.02. The number of carbonyl (C=O) groups is 5. The molecule has 1 aromatic rings. The van der Waals surface area contributed by atoms with Crippen molar-refractivity contribution in [2.75, 3.05) is 5.32 Å². The maximum absolute atomic E-state index is 12.9. The standard InChI is InChI=1S/C22H25N5O5/c1-2-18(28)24-15-7-5-13(6-8-15)19(29)26-23-11-16-20(30)25-22(32)27(21(16)31)17-10-12-3-4-14(17)9-12/h5-8,11-12,14,16-17H,2-4,9-10H2,1H3,(H,24,28)(H,26,29)(H,25,30,32)/b23-11-/t12-,14-,16+,17-/m0/s1. The van der Waals surface area contributed by atoms with Crippen LogP contribution >= 0.6 is 0 Å². The van der Waals surface area contributed by atoms with Crippen LogP contribution in [0.25, 0.3) is 0 Å². The lowest BCUT2D eigenvalue weighted by molar-refractivity contribution is -0.141. The Balaban J connectivity index is 1.38. The summed E-state index contributed by atoms with van der Waals surface area (Å²) >= 11 is 0. The van der Waals surface area contributed by atoms with E-state index >= 15 is 0 Å². The average molecular weight is 439 g/mol. The molecule has 0 spiro atoms. The van der Waals surface area contributed by atoms with Crippen LogP contribution in [0.15, 0.2) is 29.4 Å². The second-order valence-electron chi connectivity index (χ2n) is 8.42. The van der Waals surface area contributed by atoms with Crippen molar-refractivity contribution in [3.63, 3.8) is 0 Å². The molecule has 1 saturated heterocycles. The third-order valence-corrected chi connectivity index (χ3v) is 6.41. The number of hydrogen-bond acceptors (Lipinski definition) is 6. The molecule has 1 aliphatic heterocycles. The SMILES string of the molecule is CCC(=O)Nc1ccc(C(=O)N/N=C\[C@@H]2C(=O)NC(=O)N([C@H]3C[C@H]4CC[C@H]3C4)C2=O)cc1. The van der Waals surface area contributed by atoms with Gasteiger partial charge in [0, 0.05) is 29.9 Å². The Bertz CT molecular complexity index is 989. The maximum Gasteiger partial charge on any atom is 0.331 e. The van der Waals surface area contributed by atoms with E-state index in [0.717, 1.165) is 31.9 Å². The summed E-state index contributed by atoms with van der Waals surface area (Å²) in [5, 5.41) is 8.69. The van der Waals surface area contributed by atoms with Gasteiger partial charge >= 0.3 is 6.03 Å². The summed E-state index contributed by atoms with van der Waals surface area (Å²) in [5.41, 5.74) is 3.14. The predicted molar refractivity (Wildman–Crippen MR) is 114 cm³/mol. The van der Waals surface area contributed by atoms with E-state index in [0.29, 0.717) is 18.0 Å². The molecule has 0 unspecified atom stereocenters. The lowest BCUT2D eigenvalue weighted by Gasteiger charge is -2.36. The Labute approximate surface area is 184 Å². The maximum atomic E-state index is 12.9. The van der Waals surface area contributed by atoms with Gasteiger partial charge in [-0.2, -0.15) is 5.10 Å². The zero-order chi connectivity index (χ0) is 22.8. The number of anilines is 1. The smallest absolute Gasteiger partial charge is 0.326 e. The van der Waals surface area contributed by atoms with Gasteiger partial charge in [-0.25, -0.2) is 10.2 Å². The molecule has 3 fully saturated rings. The largest absolute Gasteiger partial charge is 0.331 e. The molecule has 2 aliphatic carbocycles. The highest BCUT2D eigenvalue weighted by molar-refractivity contribution is 6.23. The van der Waals surface area contributed by atoms with E-state index in [-0.39, 0.29) is 23.4 Å². The number of urea groups is 1. The van der Waals surface area contributed by atoms with Gasteiger partial charge in [0.1, 0.15) is 0 Å². The number of benzene rings is 1. The van der Waals surface area contributed by atoms with Gasteiger partial charge in [0.2, 0.25) is 17.7 Å². The summed E-state index contributed by atoms with van der Waals surface area (Å²) in [6.45, 7) is 1.74. The minimum absolute atomic E-state index is 0.139. The fraction of sp³-hybridized carbons (Fsp3) is 0.455. The summed E-state index contributed by atoms with van der Waals surface area (Å²) in [4.78, 5) is 62.3. The van der Waals surface area contributed by atoms with Gasteiger partial charge in [-0.05, 0) is 55.4 Å². The average Bonchev–Trinajstić information content (AvgIpc) is 3.40. The van der Waals surface area contributed by atoms with Gasteiger partial charge in [0.15, 0.2) is 5.92 Å². The fourth-order valence-corrected chi connectivity index (χ4v) is 4.77. The molecule has 168 valence electrons. The Morgan fingerprint density at radius 2 is 1.91 bits per heavy atom. The van der Waals surface area contributed by atoms with Gasteiger partial charge in [-0.1, -0.05) is 13.3 Å². The first-order chi connectivity index (χ1) is 15.4. The first-order valence-electron chi connectivity index (χ1n) is 10.8. The topological polar surface area (TPSA) is 137 Å². The summed E-state index contributed by atoms with van der Waals surface area (Å²) in [5.74, 6) is -2.52. The van der Waals surface area contributed by atoms with Crippen molar-refractivity contribution in [1.82, 2.24) is 15.6 Å². The minimum Gasteiger partial charge on any atom is -0.326 e. The molecule has 6 amide bonds. The van der Waals surface area contributed by atoms with E-state index in [1.165, 1.54) is 17.0 Å². The fourth-order valence-electron chi connectivity index (χ4n) is 4.77. The lowest BCUT2D eigenvalue weighted by atomic mass is 9.92. The van der Waals surface area contributed by atoms with E-state index in [2.05, 4.69) is 21.2 Å². The van der Waals surface area contributed by atoms with Crippen LogP contribution in [-0.2, 0) is 14.4 Å². The number of carbonyl (C=O) groups excluding carboxylic acids is 5. The van der Waals surface area contributed by atoms with Crippen LogP contribution in [-0.4, -0.2) is 46.8 Å². The van der Waals surface area contributed by atoms with Crippen molar-refractivity contribution < 1.29 is 24.0 Å². The van der Waals surface area contributed by atoms with Crippen LogP contribution in [0.4, 0.5) is 10.5 Å². The van der Waals surface area contributed by atoms with E-state index < -0.39 is 29.7 Å². The highest BCUT2D eigenvalue weighted by Gasteiger charge is 2.50. The first kappa shape index (κ1) is 21.7. The van der Waals surface area contributed by atoms with Crippen LogP contribution in [0.1, 0.15) is 49.4 Å². The van der Waals surface area contributed by atoms with Gasteiger partial charge in [0.25, 0.3) is 5.91 Å². The van der Waals surface area contributed by atoms with Gasteiger partial charge in [-0.3, -0.25) is 29.4 Å². The van der Waals surface area contributed by atoms with Gasteiger partial charge in [-0.15, -0.1) is 0 Å². The molecule has 10 nitrogen and oxygen atoms in total. The third kappa shape index (κ3) is 4.25. The number of fused-ring (bicyclic) bond motifs is 2. The van der Waals surface area contributed by atoms with Crippen molar-refractivity contribution in [2.24, 2.45) is 22.9 Å². The second-order valence-corrected chi connectivity index (χ2v) is 8.42. The third-order valence-electron chi connectivity index (χ3n) is 6.41. The van der Waals surface area contributed by atoms with Crippen LogP contribution in [0, 0.1) is 17.8 Å². The van der Waals surface area contributed by atoms with Gasteiger partial charge in [0.05, 0.1) is 0 Å². The van der Waals surface area contributed by atoms with E-state index in [4.69, 9.17) is 0 Å². The molecule has 1 heterocycles. The molecule has 32 heavy (non-hydrogen) atoms. The van der Waals surface area contributed by atoms with Crippen LogP contribution in [0.2, 0.25) is 0 Å². The molecule has 10 heteroatoms. The number of amides is 6. The quantitative estimate of drug-likeness (QED) is 0.352. The van der Waals surface area contributed by atoms with E-state index in [1.807, 2.05) is 0 Å². The highest BCUT2D eigenvalue weighted by Crippen LogP contribution is 2.47. The lowest BCUT2D eigenvalue weighted by Crippen LogP contribution is -2.62. The molecule has 4 rings (SSSR count). The Hall–Kier alpha value is -3.56. The molecule has 2 saturated carbocycles. The zero-order valence-electron chi connectivity index (χ0n) is 17.7. The van der Waals surface area contributed by atoms with E-state index in [1.54, 1.807) is 19.1 Å². The second kappa shape index (κ2) is 8.89. The molecule has 3 N–H and O–H groups in total. The molecule has 3 aliphatic rings. The first-order valence-corrected chi connectivity index (χ1v) is 10.8. The van der Waals surface area contributed by atoms with Gasteiger partial charge < -0.3 is 5.32 Å². The van der Waals surface area contributed by atoms with Crippen molar-refractivity contribution in [2.45, 2.75) is 45.1 Å². The summed E-state index contributed by atoms with van der Waals surface area (Å²) in [6.07, 6.45) is 5.27. The highest BCUT2D eigenvalue weighted by atomic mass is 16.2. The van der Waals surface area contributed by atoms with Crippen molar-refractivity contribution in [3.05, 3.63) is 29.8 Å². The van der Waals surface area contributed by atoms with Crippen LogP contribution in [0.5, 0.6) is 0 Å². The number of rotatable bonds is 6. The zero-order valence-corrected chi connectivity index (χ0v) is 17.7. The predicted octanol–water partition coefficient (Wildman–Crippen LogP) is 1.63.